The molecule has 3 rings (SSSR count). The minimum Gasteiger partial charge on any atom is -0.351 e. The van der Waals surface area contributed by atoms with Crippen molar-refractivity contribution in [3.05, 3.63) is 53.7 Å². The van der Waals surface area contributed by atoms with Gasteiger partial charge in [-0.2, -0.15) is 4.31 Å². The van der Waals surface area contributed by atoms with Gasteiger partial charge in [0, 0.05) is 25.8 Å². The highest BCUT2D eigenvalue weighted by molar-refractivity contribution is 8.00. The highest BCUT2D eigenvalue weighted by Gasteiger charge is 2.25. The smallest absolute Gasteiger partial charge is 0.244 e. The topological polar surface area (TPSA) is 79.4 Å². The summed E-state index contributed by atoms with van der Waals surface area (Å²) >= 11 is 1.32. The third kappa shape index (κ3) is 6.06. The van der Waals surface area contributed by atoms with Crippen molar-refractivity contribution in [1.29, 1.82) is 0 Å². The van der Waals surface area contributed by atoms with Gasteiger partial charge in [0.05, 0.1) is 10.3 Å². The van der Waals surface area contributed by atoms with Crippen molar-refractivity contribution in [3.63, 3.8) is 0 Å². The number of hydrogen-bond acceptors (Lipinski definition) is 5. The van der Waals surface area contributed by atoms with Crippen molar-refractivity contribution in [3.8, 4) is 0 Å². The Morgan fingerprint density at radius 2 is 1.77 bits per heavy atom. The predicted octanol–water partition coefficient (Wildman–Crippen LogP) is 3.75. The molecule has 0 aliphatic carbocycles. The van der Waals surface area contributed by atoms with Crippen LogP contribution < -0.4 is 5.32 Å². The third-order valence-electron chi connectivity index (χ3n) is 5.17. The molecule has 1 N–H and O–H groups in total. The molecule has 162 valence electrons. The summed E-state index contributed by atoms with van der Waals surface area (Å²) < 4.78 is 27.2. The quantitative estimate of drug-likeness (QED) is 0.654. The van der Waals surface area contributed by atoms with Gasteiger partial charge in [0.2, 0.25) is 15.9 Å². The van der Waals surface area contributed by atoms with Crippen LogP contribution in [-0.2, 0) is 21.4 Å². The number of carbonyl (C=O) groups excluding carboxylic acids is 1. The van der Waals surface area contributed by atoms with Crippen LogP contribution in [0.3, 0.4) is 0 Å². The average molecular weight is 448 g/mol. The summed E-state index contributed by atoms with van der Waals surface area (Å²) in [5, 5.41) is 3.22. The zero-order valence-corrected chi connectivity index (χ0v) is 19.1. The van der Waals surface area contributed by atoms with Gasteiger partial charge in [-0.1, -0.05) is 54.4 Å². The molecule has 1 aromatic heterocycles. The second kappa shape index (κ2) is 10.4. The summed E-state index contributed by atoms with van der Waals surface area (Å²) in [6.45, 7) is 5.45. The SMILES string of the molecule is Cc1ccc(CNC(=O)C(C)Sc2ccc(S(=O)(=O)N3CCCCCC3)cn2)cc1. The average Bonchev–Trinajstić information content (AvgIpc) is 3.04. The first-order valence-corrected chi connectivity index (χ1v) is 12.6. The number of aryl methyl sites for hydroxylation is 1. The Kier molecular flexibility index (Phi) is 7.91. The van der Waals surface area contributed by atoms with E-state index in [0.717, 1.165) is 31.2 Å². The van der Waals surface area contributed by atoms with E-state index in [1.54, 1.807) is 16.4 Å². The second-order valence-electron chi connectivity index (χ2n) is 7.61. The lowest BCUT2D eigenvalue weighted by atomic mass is 10.1. The summed E-state index contributed by atoms with van der Waals surface area (Å²) in [6.07, 6.45) is 5.35. The normalized spacial score (nSPS) is 16.6. The van der Waals surface area contributed by atoms with Gasteiger partial charge in [-0.25, -0.2) is 13.4 Å². The molecule has 0 spiro atoms. The number of nitrogens with zero attached hydrogens (tertiary/aromatic N) is 2. The van der Waals surface area contributed by atoms with E-state index in [1.807, 2.05) is 38.1 Å². The maximum Gasteiger partial charge on any atom is 0.244 e. The van der Waals surface area contributed by atoms with Crippen LogP contribution in [0.4, 0.5) is 0 Å². The lowest BCUT2D eigenvalue weighted by molar-refractivity contribution is -0.120. The van der Waals surface area contributed by atoms with Gasteiger partial charge in [-0.3, -0.25) is 4.79 Å². The summed E-state index contributed by atoms with van der Waals surface area (Å²) in [7, 11) is -3.51. The van der Waals surface area contributed by atoms with Gasteiger partial charge in [0.15, 0.2) is 0 Å². The minimum atomic E-state index is -3.51. The van der Waals surface area contributed by atoms with Crippen molar-refractivity contribution < 1.29 is 13.2 Å². The molecule has 0 radical (unpaired) electrons. The Hall–Kier alpha value is -1.90. The molecule has 1 saturated heterocycles. The fraction of sp³-hybridized carbons (Fsp3) is 0.455. The number of pyridine rings is 1. The first-order valence-electron chi connectivity index (χ1n) is 10.3. The van der Waals surface area contributed by atoms with E-state index in [0.29, 0.717) is 24.7 Å². The Labute approximate surface area is 183 Å². The maximum absolute atomic E-state index is 12.8. The molecule has 1 amide bonds. The monoisotopic (exact) mass is 447 g/mol. The van der Waals surface area contributed by atoms with Crippen molar-refractivity contribution in [2.24, 2.45) is 0 Å². The van der Waals surface area contributed by atoms with Gasteiger partial charge < -0.3 is 5.32 Å². The van der Waals surface area contributed by atoms with Crippen molar-refractivity contribution in [1.82, 2.24) is 14.6 Å². The molecular weight excluding hydrogens is 418 g/mol. The minimum absolute atomic E-state index is 0.0800. The second-order valence-corrected chi connectivity index (χ2v) is 10.9. The molecule has 0 bridgehead atoms. The Bertz CT molecular complexity index is 937. The number of hydrogen-bond donors (Lipinski definition) is 1. The molecule has 1 aromatic carbocycles. The standard InChI is InChI=1S/C22H29N3O3S2/c1-17-7-9-19(10-8-17)15-24-22(26)18(2)29-21-12-11-20(16-23-21)30(27,28)25-13-5-3-4-6-14-25/h7-12,16,18H,3-6,13-15H2,1-2H3,(H,24,26). The van der Waals surface area contributed by atoms with Crippen LogP contribution in [0.25, 0.3) is 0 Å². The number of aromatic nitrogens is 1. The van der Waals surface area contributed by atoms with Crippen LogP contribution in [0.5, 0.6) is 0 Å². The van der Waals surface area contributed by atoms with Crippen LogP contribution in [-0.4, -0.2) is 42.0 Å². The molecule has 30 heavy (non-hydrogen) atoms. The summed E-state index contributed by atoms with van der Waals surface area (Å²) in [4.78, 5) is 16.9. The number of carbonyl (C=O) groups is 1. The van der Waals surface area contributed by atoms with E-state index in [9.17, 15) is 13.2 Å². The molecule has 8 heteroatoms. The zero-order valence-electron chi connectivity index (χ0n) is 17.5. The number of thioether (sulfide) groups is 1. The van der Waals surface area contributed by atoms with E-state index in [2.05, 4.69) is 10.3 Å². The highest BCUT2D eigenvalue weighted by Crippen LogP contribution is 2.24. The largest absolute Gasteiger partial charge is 0.351 e. The summed E-state index contributed by atoms with van der Waals surface area (Å²) in [6, 6.07) is 11.3. The third-order valence-corrected chi connectivity index (χ3v) is 8.10. The molecule has 1 atom stereocenters. The Balaban J connectivity index is 1.56. The van der Waals surface area contributed by atoms with Gasteiger partial charge in [-0.05, 0) is 44.4 Å². The van der Waals surface area contributed by atoms with Crippen LogP contribution in [0.2, 0.25) is 0 Å². The summed E-state index contributed by atoms with van der Waals surface area (Å²) in [5.74, 6) is -0.0800. The number of nitrogens with one attached hydrogen (secondary N) is 1. The number of benzene rings is 1. The molecule has 1 aliphatic heterocycles. The van der Waals surface area contributed by atoms with E-state index in [4.69, 9.17) is 0 Å². The van der Waals surface area contributed by atoms with Gasteiger partial charge in [0.1, 0.15) is 4.90 Å². The van der Waals surface area contributed by atoms with Crippen LogP contribution >= 0.6 is 11.8 Å². The Morgan fingerprint density at radius 3 is 2.37 bits per heavy atom. The molecule has 0 saturated carbocycles. The fourth-order valence-corrected chi connectivity index (χ4v) is 5.57. The van der Waals surface area contributed by atoms with Crippen molar-refractivity contribution in [2.45, 2.75) is 61.2 Å². The van der Waals surface area contributed by atoms with Crippen LogP contribution in [0.15, 0.2) is 52.5 Å². The molecule has 1 aliphatic rings. The van der Waals surface area contributed by atoms with Gasteiger partial charge >= 0.3 is 0 Å². The number of amides is 1. The molecule has 6 nitrogen and oxygen atoms in total. The van der Waals surface area contributed by atoms with E-state index >= 15 is 0 Å². The summed E-state index contributed by atoms with van der Waals surface area (Å²) in [5.41, 5.74) is 2.23. The lowest BCUT2D eigenvalue weighted by Crippen LogP contribution is -2.32. The fourth-order valence-electron chi connectivity index (χ4n) is 3.29. The molecular formula is C22H29N3O3S2. The maximum atomic E-state index is 12.8. The number of rotatable bonds is 7. The van der Waals surface area contributed by atoms with Gasteiger partial charge in [-0.15, -0.1) is 0 Å². The van der Waals surface area contributed by atoms with E-state index in [-0.39, 0.29) is 16.1 Å². The predicted molar refractivity (Wildman–Crippen MR) is 120 cm³/mol. The zero-order chi connectivity index (χ0) is 21.6. The van der Waals surface area contributed by atoms with Gasteiger partial charge in [0.25, 0.3) is 0 Å². The van der Waals surface area contributed by atoms with Crippen molar-refractivity contribution in [2.75, 3.05) is 13.1 Å². The van der Waals surface area contributed by atoms with E-state index in [1.165, 1.54) is 23.5 Å². The first-order chi connectivity index (χ1) is 14.4. The van der Waals surface area contributed by atoms with Crippen molar-refractivity contribution >= 4 is 27.7 Å². The highest BCUT2D eigenvalue weighted by atomic mass is 32.2. The Morgan fingerprint density at radius 1 is 1.10 bits per heavy atom. The molecule has 1 fully saturated rings. The molecule has 2 aromatic rings. The first kappa shape index (κ1) is 22.8. The number of sulfonamides is 1. The van der Waals surface area contributed by atoms with E-state index < -0.39 is 10.0 Å². The molecule has 2 heterocycles. The van der Waals surface area contributed by atoms with Crippen LogP contribution in [0.1, 0.15) is 43.7 Å². The van der Waals surface area contributed by atoms with Crippen LogP contribution in [0, 0.1) is 6.92 Å². The molecule has 1 unspecified atom stereocenters. The lowest BCUT2D eigenvalue weighted by Gasteiger charge is -2.19.